The molecular weight excluding hydrogens is 421 g/mol. The highest BCUT2D eigenvalue weighted by molar-refractivity contribution is 5.84. The largest absolute Gasteiger partial charge is 0.494 e. The SMILES string of the molecule is C=C(c1ccc(Cc2cccc(OC)c2F)cc1)C1CC1CCc1c[nH]c2ccc(CC)cc12. The summed E-state index contributed by atoms with van der Waals surface area (Å²) in [4.78, 5) is 3.43. The Kier molecular flexibility index (Phi) is 6.28. The van der Waals surface area contributed by atoms with E-state index in [-0.39, 0.29) is 5.82 Å². The molecule has 1 N–H and O–H groups in total. The highest BCUT2D eigenvalue weighted by Gasteiger charge is 2.38. The van der Waals surface area contributed by atoms with Crippen LogP contribution in [0.2, 0.25) is 0 Å². The number of methoxy groups -OCH3 is 1. The van der Waals surface area contributed by atoms with E-state index in [0.29, 0.717) is 29.6 Å². The average Bonchev–Trinajstić information content (AvgIpc) is 3.54. The summed E-state index contributed by atoms with van der Waals surface area (Å²) in [5.74, 6) is 1.29. The van der Waals surface area contributed by atoms with Crippen molar-refractivity contribution in [2.75, 3.05) is 7.11 Å². The number of hydrogen-bond donors (Lipinski definition) is 1. The molecular formula is C31H32FNO. The van der Waals surface area contributed by atoms with Gasteiger partial charge in [0.1, 0.15) is 0 Å². The van der Waals surface area contributed by atoms with E-state index in [9.17, 15) is 4.39 Å². The van der Waals surface area contributed by atoms with Crippen LogP contribution in [0.25, 0.3) is 16.5 Å². The second-order valence-electron chi connectivity index (χ2n) is 9.52. The Labute approximate surface area is 201 Å². The fraction of sp³-hybridized carbons (Fsp3) is 0.290. The number of aromatic nitrogens is 1. The average molecular weight is 454 g/mol. The lowest BCUT2D eigenvalue weighted by Crippen LogP contribution is -1.97. The van der Waals surface area contributed by atoms with Crippen LogP contribution in [0.5, 0.6) is 5.75 Å². The van der Waals surface area contributed by atoms with Crippen LogP contribution in [0.3, 0.4) is 0 Å². The Morgan fingerprint density at radius 3 is 2.62 bits per heavy atom. The van der Waals surface area contributed by atoms with E-state index < -0.39 is 0 Å². The second kappa shape index (κ2) is 9.50. The van der Waals surface area contributed by atoms with Crippen molar-refractivity contribution < 1.29 is 9.13 Å². The third-order valence-electron chi connectivity index (χ3n) is 7.38. The third-order valence-corrected chi connectivity index (χ3v) is 7.38. The number of benzene rings is 3. The van der Waals surface area contributed by atoms with Gasteiger partial charge in [-0.1, -0.05) is 56.0 Å². The molecule has 0 bridgehead atoms. The minimum atomic E-state index is -0.277. The summed E-state index contributed by atoms with van der Waals surface area (Å²) < 4.78 is 19.6. The third kappa shape index (κ3) is 4.52. The van der Waals surface area contributed by atoms with Crippen LogP contribution >= 0.6 is 0 Å². The van der Waals surface area contributed by atoms with Gasteiger partial charge in [-0.2, -0.15) is 0 Å². The predicted octanol–water partition coefficient (Wildman–Crippen LogP) is 7.75. The number of nitrogens with one attached hydrogen (secondary N) is 1. The zero-order valence-electron chi connectivity index (χ0n) is 20.0. The maximum Gasteiger partial charge on any atom is 0.168 e. The lowest BCUT2D eigenvalue weighted by Gasteiger charge is -2.10. The maximum absolute atomic E-state index is 14.5. The number of aryl methyl sites for hydroxylation is 2. The molecule has 2 unspecified atom stereocenters. The van der Waals surface area contributed by atoms with Crippen LogP contribution in [0, 0.1) is 17.7 Å². The van der Waals surface area contributed by atoms with Gasteiger partial charge in [0.15, 0.2) is 11.6 Å². The van der Waals surface area contributed by atoms with Crippen LogP contribution in [0.1, 0.15) is 47.6 Å². The molecule has 2 nitrogen and oxygen atoms in total. The van der Waals surface area contributed by atoms with Crippen molar-refractivity contribution in [2.45, 2.75) is 39.0 Å². The molecule has 1 aliphatic rings. The highest BCUT2D eigenvalue weighted by atomic mass is 19.1. The van der Waals surface area contributed by atoms with Crippen molar-refractivity contribution in [1.82, 2.24) is 4.98 Å². The summed E-state index contributed by atoms with van der Waals surface area (Å²) in [5.41, 5.74) is 8.22. The fourth-order valence-corrected chi connectivity index (χ4v) is 5.11. The normalized spacial score (nSPS) is 17.1. The molecule has 1 fully saturated rings. The van der Waals surface area contributed by atoms with Crippen LogP contribution in [0.4, 0.5) is 4.39 Å². The van der Waals surface area contributed by atoms with Gasteiger partial charge in [0.05, 0.1) is 7.11 Å². The molecule has 34 heavy (non-hydrogen) atoms. The van der Waals surface area contributed by atoms with Gasteiger partial charge < -0.3 is 9.72 Å². The zero-order chi connectivity index (χ0) is 23.7. The summed E-state index contributed by atoms with van der Waals surface area (Å²) >= 11 is 0. The van der Waals surface area contributed by atoms with Crippen molar-refractivity contribution in [3.8, 4) is 5.75 Å². The molecule has 1 saturated carbocycles. The number of halogens is 1. The molecule has 0 amide bonds. The summed E-state index contributed by atoms with van der Waals surface area (Å²) in [7, 11) is 1.50. The number of ether oxygens (including phenoxy) is 1. The van der Waals surface area contributed by atoms with E-state index in [1.165, 1.54) is 53.1 Å². The molecule has 3 heteroatoms. The van der Waals surface area contributed by atoms with E-state index in [2.05, 4.69) is 67.1 Å². The number of allylic oxidation sites excluding steroid dienone is 1. The first-order valence-corrected chi connectivity index (χ1v) is 12.3. The minimum Gasteiger partial charge on any atom is -0.494 e. The van der Waals surface area contributed by atoms with Gasteiger partial charge in [0, 0.05) is 23.5 Å². The zero-order valence-corrected chi connectivity index (χ0v) is 20.0. The van der Waals surface area contributed by atoms with E-state index in [1.54, 1.807) is 6.07 Å². The monoisotopic (exact) mass is 453 g/mol. The Morgan fingerprint density at radius 1 is 1.06 bits per heavy atom. The molecule has 0 saturated heterocycles. The van der Waals surface area contributed by atoms with E-state index >= 15 is 0 Å². The van der Waals surface area contributed by atoms with E-state index in [4.69, 9.17) is 4.74 Å². The standard InChI is InChI=1S/C31H32FNO/c1-4-21-10-15-29-28(17-21)26(19-33-29)14-13-24-18-27(24)20(2)23-11-8-22(9-12-23)16-25-6-5-7-30(34-3)31(25)32/h5-12,15,17,19,24,27,33H,2,4,13-14,16,18H2,1,3H3. The van der Waals surface area contributed by atoms with Gasteiger partial charge in [0.25, 0.3) is 0 Å². The summed E-state index contributed by atoms with van der Waals surface area (Å²) in [6.07, 6.45) is 7.32. The Balaban J connectivity index is 1.19. The summed E-state index contributed by atoms with van der Waals surface area (Å²) in [5, 5.41) is 1.37. The first-order valence-electron chi connectivity index (χ1n) is 12.3. The molecule has 5 rings (SSSR count). The number of H-pyrrole nitrogens is 1. The minimum absolute atomic E-state index is 0.277. The van der Waals surface area contributed by atoms with Crippen molar-refractivity contribution in [2.24, 2.45) is 11.8 Å². The van der Waals surface area contributed by atoms with Crippen molar-refractivity contribution in [3.05, 3.63) is 107 Å². The first kappa shape index (κ1) is 22.5. The van der Waals surface area contributed by atoms with E-state index in [0.717, 1.165) is 18.4 Å². The quantitative estimate of drug-likeness (QED) is 0.275. The van der Waals surface area contributed by atoms with Crippen LogP contribution in [-0.4, -0.2) is 12.1 Å². The number of fused-ring (bicyclic) bond motifs is 1. The van der Waals surface area contributed by atoms with Gasteiger partial charge >= 0.3 is 0 Å². The maximum atomic E-state index is 14.5. The summed E-state index contributed by atoms with van der Waals surface area (Å²) in [6, 6.07) is 20.5. The van der Waals surface area contributed by atoms with Crippen LogP contribution in [-0.2, 0) is 19.3 Å². The van der Waals surface area contributed by atoms with Crippen LogP contribution in [0.15, 0.2) is 73.4 Å². The fourth-order valence-electron chi connectivity index (χ4n) is 5.11. The second-order valence-corrected chi connectivity index (χ2v) is 9.52. The van der Waals surface area contributed by atoms with E-state index in [1.807, 2.05) is 12.1 Å². The number of rotatable bonds is 9. The van der Waals surface area contributed by atoms with Crippen molar-refractivity contribution in [3.63, 3.8) is 0 Å². The molecule has 1 heterocycles. The molecule has 4 aromatic rings. The molecule has 1 aromatic heterocycles. The topological polar surface area (TPSA) is 25.0 Å². The summed E-state index contributed by atoms with van der Waals surface area (Å²) in [6.45, 7) is 6.63. The highest BCUT2D eigenvalue weighted by Crippen LogP contribution is 2.50. The number of hydrogen-bond acceptors (Lipinski definition) is 1. The molecule has 174 valence electrons. The molecule has 2 atom stereocenters. The van der Waals surface area contributed by atoms with Gasteiger partial charge in [-0.3, -0.25) is 0 Å². The molecule has 0 spiro atoms. The molecule has 3 aromatic carbocycles. The first-order chi connectivity index (χ1) is 16.6. The molecule has 0 aliphatic heterocycles. The predicted molar refractivity (Wildman–Crippen MR) is 139 cm³/mol. The lowest BCUT2D eigenvalue weighted by atomic mass is 9.97. The van der Waals surface area contributed by atoms with Gasteiger partial charge in [-0.05, 0) is 89.1 Å². The van der Waals surface area contributed by atoms with Crippen LogP contribution < -0.4 is 4.74 Å². The molecule has 0 radical (unpaired) electrons. The Morgan fingerprint density at radius 2 is 1.85 bits per heavy atom. The van der Waals surface area contributed by atoms with Gasteiger partial charge in [-0.25, -0.2) is 4.39 Å². The smallest absolute Gasteiger partial charge is 0.168 e. The number of aromatic amines is 1. The van der Waals surface area contributed by atoms with Crippen molar-refractivity contribution in [1.29, 1.82) is 0 Å². The lowest BCUT2D eigenvalue weighted by molar-refractivity contribution is 0.384. The molecule has 1 aliphatic carbocycles. The van der Waals surface area contributed by atoms with Crippen molar-refractivity contribution >= 4 is 16.5 Å². The Hall–Kier alpha value is -3.33. The van der Waals surface area contributed by atoms with Gasteiger partial charge in [0.2, 0.25) is 0 Å². The van der Waals surface area contributed by atoms with Gasteiger partial charge in [-0.15, -0.1) is 0 Å². The Bertz CT molecular complexity index is 1320.